The Morgan fingerprint density at radius 1 is 1.16 bits per heavy atom. The number of benzene rings is 2. The van der Waals surface area contributed by atoms with Crippen molar-refractivity contribution >= 4 is 22.5 Å². The third-order valence-electron chi connectivity index (χ3n) is 2.96. The maximum Gasteiger partial charge on any atom is 0.508 e. The molecule has 0 aromatic heterocycles. The molecule has 2 rings (SSSR count). The maximum absolute atomic E-state index is 10.8. The predicted octanol–water partition coefficient (Wildman–Crippen LogP) is 4.03. The third-order valence-corrected chi connectivity index (χ3v) is 2.96. The fraction of sp³-hybridized carbons (Fsp3) is 0.188. The van der Waals surface area contributed by atoms with Crippen LogP contribution in [0.2, 0.25) is 0 Å². The summed E-state index contributed by atoms with van der Waals surface area (Å²) in [6, 6.07) is 14.5. The van der Waals surface area contributed by atoms with Crippen LogP contribution in [-0.2, 0) is 9.47 Å². The Morgan fingerprint density at radius 2 is 1.89 bits per heavy atom. The summed E-state index contributed by atoms with van der Waals surface area (Å²) < 4.78 is 9.24. The number of rotatable bonds is 3. The lowest BCUT2D eigenvalue weighted by Gasteiger charge is -2.05. The van der Waals surface area contributed by atoms with E-state index >= 15 is 0 Å². The molecule has 2 aromatic rings. The van der Waals surface area contributed by atoms with Gasteiger partial charge in [0, 0.05) is 0 Å². The monoisotopic (exact) mass is 256 g/mol. The van der Waals surface area contributed by atoms with Crippen molar-refractivity contribution in [2.45, 2.75) is 6.92 Å². The summed E-state index contributed by atoms with van der Waals surface area (Å²) in [6.07, 6.45) is 1.20. The molecule has 0 heterocycles. The van der Waals surface area contributed by atoms with Crippen molar-refractivity contribution in [1.82, 2.24) is 0 Å². The van der Waals surface area contributed by atoms with Crippen molar-refractivity contribution < 1.29 is 14.3 Å². The van der Waals surface area contributed by atoms with Gasteiger partial charge in [0.05, 0.1) is 7.11 Å². The zero-order valence-corrected chi connectivity index (χ0v) is 11.1. The first kappa shape index (κ1) is 13.1. The van der Waals surface area contributed by atoms with E-state index in [9.17, 15) is 4.79 Å². The topological polar surface area (TPSA) is 35.5 Å². The zero-order chi connectivity index (χ0) is 13.7. The van der Waals surface area contributed by atoms with Gasteiger partial charge in [0.25, 0.3) is 0 Å². The van der Waals surface area contributed by atoms with E-state index in [-0.39, 0.29) is 6.61 Å². The van der Waals surface area contributed by atoms with E-state index in [1.54, 1.807) is 0 Å². The van der Waals surface area contributed by atoms with Crippen LogP contribution in [0.4, 0.5) is 4.79 Å². The van der Waals surface area contributed by atoms with E-state index in [1.807, 2.05) is 25.1 Å². The van der Waals surface area contributed by atoms with Crippen LogP contribution in [0.5, 0.6) is 0 Å². The summed E-state index contributed by atoms with van der Waals surface area (Å²) in [4.78, 5) is 10.8. The van der Waals surface area contributed by atoms with E-state index in [0.29, 0.717) is 0 Å². The Hall–Kier alpha value is -2.29. The highest BCUT2D eigenvalue weighted by Crippen LogP contribution is 2.20. The van der Waals surface area contributed by atoms with Crippen molar-refractivity contribution in [2.24, 2.45) is 0 Å². The molecule has 3 heteroatoms. The summed E-state index contributed by atoms with van der Waals surface area (Å²) in [5.74, 6) is 0. The highest BCUT2D eigenvalue weighted by Gasteiger charge is 2.00. The molecule has 19 heavy (non-hydrogen) atoms. The minimum Gasteiger partial charge on any atom is -0.438 e. The summed E-state index contributed by atoms with van der Waals surface area (Å²) >= 11 is 0. The van der Waals surface area contributed by atoms with Gasteiger partial charge in [0.15, 0.2) is 0 Å². The largest absolute Gasteiger partial charge is 0.508 e. The molecule has 0 aliphatic rings. The van der Waals surface area contributed by atoms with Crippen LogP contribution in [0, 0.1) is 0 Å². The average Bonchev–Trinajstić information content (AvgIpc) is 2.46. The van der Waals surface area contributed by atoms with Crippen LogP contribution in [0.1, 0.15) is 12.5 Å². The van der Waals surface area contributed by atoms with Gasteiger partial charge in [0.1, 0.15) is 6.61 Å². The number of carbonyl (C=O) groups is 1. The van der Waals surface area contributed by atoms with Crippen LogP contribution in [0.25, 0.3) is 16.3 Å². The van der Waals surface area contributed by atoms with Crippen LogP contribution in [0.15, 0.2) is 48.5 Å². The number of methoxy groups -OCH3 is 1. The molecule has 0 atom stereocenters. The van der Waals surface area contributed by atoms with Gasteiger partial charge in [-0.15, -0.1) is 0 Å². The van der Waals surface area contributed by atoms with Gasteiger partial charge >= 0.3 is 6.16 Å². The van der Waals surface area contributed by atoms with Crippen molar-refractivity contribution in [3.8, 4) is 0 Å². The lowest BCUT2D eigenvalue weighted by atomic mass is 10.0. The van der Waals surface area contributed by atoms with Crippen LogP contribution < -0.4 is 0 Å². The molecular weight excluding hydrogens is 240 g/mol. The van der Waals surface area contributed by atoms with Crippen LogP contribution in [0.3, 0.4) is 0 Å². The van der Waals surface area contributed by atoms with Crippen LogP contribution >= 0.6 is 0 Å². The molecule has 0 fully saturated rings. The third kappa shape index (κ3) is 3.35. The molecular formula is C16H16O3. The average molecular weight is 256 g/mol. The zero-order valence-electron chi connectivity index (χ0n) is 11.1. The number of fused-ring (bicyclic) bond motifs is 1. The molecule has 0 saturated carbocycles. The van der Waals surface area contributed by atoms with E-state index < -0.39 is 6.16 Å². The number of hydrogen-bond donors (Lipinski definition) is 0. The summed E-state index contributed by atoms with van der Waals surface area (Å²) in [5, 5.41) is 2.41. The first-order valence-corrected chi connectivity index (χ1v) is 6.07. The second-order valence-corrected chi connectivity index (χ2v) is 4.21. The van der Waals surface area contributed by atoms with Crippen molar-refractivity contribution in [1.29, 1.82) is 0 Å². The molecule has 98 valence electrons. The number of carbonyl (C=O) groups excluding carboxylic acids is 1. The number of allylic oxidation sites excluding steroid dienone is 1. The minimum absolute atomic E-state index is 0.214. The lowest BCUT2D eigenvalue weighted by Crippen LogP contribution is -2.03. The van der Waals surface area contributed by atoms with Crippen LogP contribution in [-0.4, -0.2) is 19.9 Å². The van der Waals surface area contributed by atoms with Gasteiger partial charge in [-0.05, 0) is 41.0 Å². The molecule has 2 aromatic carbocycles. The molecule has 3 nitrogen and oxygen atoms in total. The summed E-state index contributed by atoms with van der Waals surface area (Å²) in [5.41, 5.74) is 2.18. The Morgan fingerprint density at radius 3 is 2.63 bits per heavy atom. The molecule has 0 amide bonds. The van der Waals surface area contributed by atoms with Crippen molar-refractivity contribution in [3.05, 3.63) is 54.1 Å². The van der Waals surface area contributed by atoms with Crippen molar-refractivity contribution in [3.63, 3.8) is 0 Å². The van der Waals surface area contributed by atoms with E-state index in [1.165, 1.54) is 17.9 Å². The highest BCUT2D eigenvalue weighted by molar-refractivity contribution is 5.86. The van der Waals surface area contributed by atoms with E-state index in [4.69, 9.17) is 4.74 Å². The first-order valence-electron chi connectivity index (χ1n) is 6.07. The van der Waals surface area contributed by atoms with E-state index in [2.05, 4.69) is 35.1 Å². The standard InChI is InChI=1S/C16H16O3/c1-12(9-10-19-16(17)18-2)14-8-7-13-5-3-4-6-15(13)11-14/h3-9,11H,10H2,1-2H3/b12-9+. The molecule has 0 aliphatic heterocycles. The second kappa shape index (κ2) is 6.05. The molecule has 0 bridgehead atoms. The number of hydrogen-bond acceptors (Lipinski definition) is 3. The van der Waals surface area contributed by atoms with Crippen molar-refractivity contribution in [2.75, 3.05) is 13.7 Å². The smallest absolute Gasteiger partial charge is 0.438 e. The van der Waals surface area contributed by atoms with E-state index in [0.717, 1.165) is 11.1 Å². The molecule has 0 radical (unpaired) electrons. The summed E-state index contributed by atoms with van der Waals surface area (Å²) in [6.45, 7) is 2.20. The SMILES string of the molecule is COC(=O)OC/C=C(\C)c1ccc2ccccc2c1. The Bertz CT molecular complexity index is 614. The van der Waals surface area contributed by atoms with Gasteiger partial charge in [-0.3, -0.25) is 0 Å². The fourth-order valence-electron chi connectivity index (χ4n) is 1.85. The second-order valence-electron chi connectivity index (χ2n) is 4.21. The lowest BCUT2D eigenvalue weighted by molar-refractivity contribution is 0.0819. The van der Waals surface area contributed by atoms with Gasteiger partial charge < -0.3 is 9.47 Å². The Labute approximate surface area is 112 Å². The molecule has 0 saturated heterocycles. The van der Waals surface area contributed by atoms with Gasteiger partial charge in [0.2, 0.25) is 0 Å². The van der Waals surface area contributed by atoms with Gasteiger partial charge in [-0.25, -0.2) is 4.79 Å². The highest BCUT2D eigenvalue weighted by atomic mass is 16.7. The quantitative estimate of drug-likeness (QED) is 0.778. The molecule has 0 spiro atoms. The Kier molecular flexibility index (Phi) is 4.18. The number of ether oxygens (including phenoxy) is 2. The Balaban J connectivity index is 2.14. The first-order chi connectivity index (χ1) is 9.20. The minimum atomic E-state index is -0.664. The maximum atomic E-state index is 10.8. The van der Waals surface area contributed by atoms with Gasteiger partial charge in [-0.1, -0.05) is 36.4 Å². The molecule has 0 unspecified atom stereocenters. The predicted molar refractivity (Wildman–Crippen MR) is 76.0 cm³/mol. The fourth-order valence-corrected chi connectivity index (χ4v) is 1.85. The summed E-state index contributed by atoms with van der Waals surface area (Å²) in [7, 11) is 1.29. The van der Waals surface area contributed by atoms with Gasteiger partial charge in [-0.2, -0.15) is 0 Å². The normalized spacial score (nSPS) is 11.4. The molecule has 0 N–H and O–H groups in total. The molecule has 0 aliphatic carbocycles.